The van der Waals surface area contributed by atoms with Gasteiger partial charge in [0, 0.05) is 24.7 Å². The van der Waals surface area contributed by atoms with Crippen molar-refractivity contribution in [3.63, 3.8) is 0 Å². The zero-order chi connectivity index (χ0) is 25.4. The summed E-state index contributed by atoms with van der Waals surface area (Å²) in [6, 6.07) is 11.3. The number of rotatable bonds is 10. The molecule has 0 saturated carbocycles. The Kier molecular flexibility index (Phi) is 8.78. The lowest BCUT2D eigenvalue weighted by molar-refractivity contribution is -0.132. The van der Waals surface area contributed by atoms with Gasteiger partial charge in [0.1, 0.15) is 11.6 Å². The Morgan fingerprint density at radius 2 is 2.03 bits per heavy atom. The smallest absolute Gasteiger partial charge is 0.412 e. The molecule has 7 nitrogen and oxygen atoms in total. The van der Waals surface area contributed by atoms with Crippen molar-refractivity contribution in [2.75, 3.05) is 18.5 Å². The van der Waals surface area contributed by atoms with Crippen molar-refractivity contribution in [1.82, 2.24) is 10.3 Å². The van der Waals surface area contributed by atoms with Gasteiger partial charge < -0.3 is 15.2 Å². The third-order valence-electron chi connectivity index (χ3n) is 5.78. The van der Waals surface area contributed by atoms with Gasteiger partial charge in [-0.25, -0.2) is 14.2 Å². The number of pyridine rings is 1. The van der Waals surface area contributed by atoms with Crippen LogP contribution in [0, 0.1) is 11.2 Å². The number of fused-ring (bicyclic) bond motifs is 1. The van der Waals surface area contributed by atoms with E-state index < -0.39 is 17.3 Å². The first-order valence-electron chi connectivity index (χ1n) is 11.0. The van der Waals surface area contributed by atoms with Crippen LogP contribution in [0.1, 0.15) is 30.9 Å². The van der Waals surface area contributed by atoms with E-state index in [1.54, 1.807) is 19.1 Å². The van der Waals surface area contributed by atoms with E-state index in [1.807, 2.05) is 18.2 Å². The predicted octanol–water partition coefficient (Wildman–Crippen LogP) is 5.31. The summed E-state index contributed by atoms with van der Waals surface area (Å²) in [6.07, 6.45) is 2.76. The molecule has 2 aromatic carbocycles. The standard InChI is InChI=1S/C26H27ClFN3O4/c1-3-17-5-4-6-19(23(17)27)16-30-24(33)26(2,9-11-32)10-12-35-25(34)31-22-14-20-13-21(28)8-7-18(20)15-29-22/h3-8,13-15,32H,1,9-12,16H2,2H3,(H,30,33)(H,29,31,34). The van der Waals surface area contributed by atoms with Crippen molar-refractivity contribution < 1.29 is 23.8 Å². The molecular weight excluding hydrogens is 473 g/mol. The lowest BCUT2D eigenvalue weighted by atomic mass is 9.82. The van der Waals surface area contributed by atoms with E-state index in [0.29, 0.717) is 10.4 Å². The van der Waals surface area contributed by atoms with Crippen molar-refractivity contribution in [2.24, 2.45) is 5.41 Å². The number of aromatic nitrogens is 1. The number of ether oxygens (including phenoxy) is 1. The van der Waals surface area contributed by atoms with Crippen LogP contribution in [-0.4, -0.2) is 35.3 Å². The van der Waals surface area contributed by atoms with Gasteiger partial charge in [-0.2, -0.15) is 0 Å². The third-order valence-corrected chi connectivity index (χ3v) is 6.24. The lowest BCUT2D eigenvalue weighted by Crippen LogP contribution is -2.40. The van der Waals surface area contributed by atoms with E-state index in [-0.39, 0.29) is 44.3 Å². The molecule has 1 atom stereocenters. The highest BCUT2D eigenvalue weighted by atomic mass is 35.5. The first-order chi connectivity index (χ1) is 16.8. The second kappa shape index (κ2) is 11.8. The highest BCUT2D eigenvalue weighted by Crippen LogP contribution is 2.28. The molecule has 0 aliphatic carbocycles. The zero-order valence-corrected chi connectivity index (χ0v) is 20.1. The van der Waals surface area contributed by atoms with Crippen molar-refractivity contribution >= 4 is 46.3 Å². The number of aliphatic hydroxyl groups is 1. The number of amides is 2. The first kappa shape index (κ1) is 26.1. The molecule has 3 aromatic rings. The average Bonchev–Trinajstić information content (AvgIpc) is 2.83. The number of halogens is 2. The van der Waals surface area contributed by atoms with Crippen LogP contribution in [0.4, 0.5) is 15.0 Å². The minimum absolute atomic E-state index is 0.0648. The van der Waals surface area contributed by atoms with E-state index in [1.165, 1.54) is 24.4 Å². The van der Waals surface area contributed by atoms with Crippen molar-refractivity contribution in [2.45, 2.75) is 26.3 Å². The molecule has 0 spiro atoms. The molecule has 9 heteroatoms. The molecule has 35 heavy (non-hydrogen) atoms. The number of hydrogen-bond acceptors (Lipinski definition) is 5. The van der Waals surface area contributed by atoms with Crippen LogP contribution < -0.4 is 10.6 Å². The van der Waals surface area contributed by atoms with Crippen LogP contribution in [0.25, 0.3) is 16.8 Å². The van der Waals surface area contributed by atoms with Gasteiger partial charge in [0.05, 0.1) is 17.0 Å². The highest BCUT2D eigenvalue weighted by molar-refractivity contribution is 6.32. The zero-order valence-electron chi connectivity index (χ0n) is 19.3. The van der Waals surface area contributed by atoms with Crippen LogP contribution in [0.2, 0.25) is 5.02 Å². The maximum atomic E-state index is 13.4. The van der Waals surface area contributed by atoms with Gasteiger partial charge in [-0.15, -0.1) is 0 Å². The Hall–Kier alpha value is -3.49. The molecule has 1 unspecified atom stereocenters. The van der Waals surface area contributed by atoms with Gasteiger partial charge in [-0.1, -0.05) is 49.4 Å². The summed E-state index contributed by atoms with van der Waals surface area (Å²) in [6.45, 7) is 5.34. The molecule has 0 bridgehead atoms. The largest absolute Gasteiger partial charge is 0.449 e. The van der Waals surface area contributed by atoms with Crippen LogP contribution in [0.5, 0.6) is 0 Å². The summed E-state index contributed by atoms with van der Waals surface area (Å²) in [5, 5.41) is 16.7. The molecule has 0 fully saturated rings. The quantitative estimate of drug-likeness (QED) is 0.351. The molecule has 0 aliphatic rings. The molecule has 2 amide bonds. The second-order valence-electron chi connectivity index (χ2n) is 8.31. The Bertz CT molecular complexity index is 1240. The summed E-state index contributed by atoms with van der Waals surface area (Å²) < 4.78 is 18.7. The second-order valence-corrected chi connectivity index (χ2v) is 8.69. The van der Waals surface area contributed by atoms with Crippen molar-refractivity contribution in [3.05, 3.63) is 77.2 Å². The number of anilines is 1. The van der Waals surface area contributed by atoms with Crippen molar-refractivity contribution in [1.29, 1.82) is 0 Å². The maximum Gasteiger partial charge on any atom is 0.412 e. The van der Waals surface area contributed by atoms with Crippen LogP contribution in [-0.2, 0) is 16.1 Å². The normalized spacial score (nSPS) is 12.6. The number of nitrogens with one attached hydrogen (secondary N) is 2. The summed E-state index contributed by atoms with van der Waals surface area (Å²) in [7, 11) is 0. The van der Waals surface area contributed by atoms with Gasteiger partial charge in [-0.3, -0.25) is 10.1 Å². The average molecular weight is 500 g/mol. The highest BCUT2D eigenvalue weighted by Gasteiger charge is 2.33. The van der Waals surface area contributed by atoms with Gasteiger partial charge in [-0.05, 0) is 53.6 Å². The van der Waals surface area contributed by atoms with Crippen LogP contribution in [0.15, 0.2) is 55.2 Å². The number of aliphatic hydroxyl groups excluding tert-OH is 1. The fourth-order valence-corrected chi connectivity index (χ4v) is 3.84. The molecule has 1 aromatic heterocycles. The van der Waals surface area contributed by atoms with Crippen LogP contribution >= 0.6 is 11.6 Å². The summed E-state index contributed by atoms with van der Waals surface area (Å²) in [4.78, 5) is 29.3. The SMILES string of the molecule is C=Cc1cccc(CNC(=O)C(C)(CCO)CCOC(=O)Nc2cc3cc(F)ccc3cn2)c1Cl. The summed E-state index contributed by atoms with van der Waals surface area (Å²) in [5.74, 6) is -0.481. The maximum absolute atomic E-state index is 13.4. The van der Waals surface area contributed by atoms with E-state index in [0.717, 1.165) is 16.5 Å². The molecule has 3 rings (SSSR count). The third kappa shape index (κ3) is 6.77. The Balaban J connectivity index is 1.55. The number of carbonyl (C=O) groups is 2. The first-order valence-corrected chi connectivity index (χ1v) is 11.4. The predicted molar refractivity (Wildman–Crippen MR) is 134 cm³/mol. The Morgan fingerprint density at radius 3 is 2.77 bits per heavy atom. The molecule has 0 radical (unpaired) electrons. The number of nitrogens with zero attached hydrogens (tertiary/aromatic N) is 1. The van der Waals surface area contributed by atoms with Gasteiger partial charge in [0.2, 0.25) is 5.91 Å². The monoisotopic (exact) mass is 499 g/mol. The van der Waals surface area contributed by atoms with E-state index >= 15 is 0 Å². The van der Waals surface area contributed by atoms with E-state index in [9.17, 15) is 19.1 Å². The van der Waals surface area contributed by atoms with Crippen molar-refractivity contribution in [3.8, 4) is 0 Å². The minimum atomic E-state index is -0.976. The fourth-order valence-electron chi connectivity index (χ4n) is 3.57. The Morgan fingerprint density at radius 1 is 1.23 bits per heavy atom. The molecule has 1 heterocycles. The van der Waals surface area contributed by atoms with E-state index in [2.05, 4.69) is 22.2 Å². The molecule has 3 N–H and O–H groups in total. The van der Waals surface area contributed by atoms with Gasteiger partial charge >= 0.3 is 6.09 Å². The molecule has 0 aliphatic heterocycles. The lowest BCUT2D eigenvalue weighted by Gasteiger charge is -2.27. The van der Waals surface area contributed by atoms with E-state index in [4.69, 9.17) is 16.3 Å². The van der Waals surface area contributed by atoms with Crippen LogP contribution in [0.3, 0.4) is 0 Å². The number of carbonyl (C=O) groups excluding carboxylic acids is 2. The van der Waals surface area contributed by atoms with Gasteiger partial charge in [0.25, 0.3) is 0 Å². The number of hydrogen-bond donors (Lipinski definition) is 3. The molecule has 184 valence electrons. The molecule has 0 saturated heterocycles. The minimum Gasteiger partial charge on any atom is -0.449 e. The summed E-state index contributed by atoms with van der Waals surface area (Å²) >= 11 is 6.34. The number of benzene rings is 2. The Labute approximate surface area is 208 Å². The molecular formula is C26H27ClFN3O4. The topological polar surface area (TPSA) is 101 Å². The fraction of sp³-hybridized carbons (Fsp3) is 0.269. The van der Waals surface area contributed by atoms with Gasteiger partial charge in [0.15, 0.2) is 0 Å². The summed E-state index contributed by atoms with van der Waals surface area (Å²) in [5.41, 5.74) is 0.528.